The molecule has 35 heavy (non-hydrogen) atoms. The lowest BCUT2D eigenvalue weighted by molar-refractivity contribution is -0.118. The molecule has 1 aliphatic rings. The number of rotatable bonds is 6. The Balaban J connectivity index is 1.40. The number of nitrogens with one attached hydrogen (secondary N) is 2. The number of hydrogen-bond acceptors (Lipinski definition) is 5. The summed E-state index contributed by atoms with van der Waals surface area (Å²) < 4.78 is 19.1. The molecule has 0 atom stereocenters. The molecule has 0 spiro atoms. The zero-order valence-corrected chi connectivity index (χ0v) is 20.5. The average molecular weight is 510 g/mol. The van der Waals surface area contributed by atoms with Gasteiger partial charge >= 0.3 is 0 Å². The minimum absolute atomic E-state index is 0.0713. The van der Waals surface area contributed by atoms with E-state index in [-0.39, 0.29) is 29.0 Å². The maximum absolute atomic E-state index is 13.7. The van der Waals surface area contributed by atoms with Gasteiger partial charge in [0.1, 0.15) is 11.6 Å². The van der Waals surface area contributed by atoms with Crippen LogP contribution in [0.25, 0.3) is 6.08 Å². The third-order valence-corrected chi connectivity index (χ3v) is 6.05. The number of benzene rings is 3. The molecule has 2 amide bonds. The molecule has 1 aliphatic heterocycles. The topological polar surface area (TPSA) is 79.8 Å². The van der Waals surface area contributed by atoms with Crippen LogP contribution in [0.3, 0.4) is 0 Å². The van der Waals surface area contributed by atoms with E-state index in [1.807, 2.05) is 26.0 Å². The number of anilines is 1. The van der Waals surface area contributed by atoms with Crippen LogP contribution in [0.4, 0.5) is 15.8 Å². The number of para-hydroxylation sites is 1. The van der Waals surface area contributed by atoms with Gasteiger partial charge in [-0.25, -0.2) is 9.38 Å². The van der Waals surface area contributed by atoms with Gasteiger partial charge in [-0.2, -0.15) is 0 Å². The van der Waals surface area contributed by atoms with Crippen LogP contribution in [0.15, 0.2) is 70.6 Å². The molecule has 4 rings (SSSR count). The first-order valence-electron chi connectivity index (χ1n) is 10.6. The number of halogens is 2. The summed E-state index contributed by atoms with van der Waals surface area (Å²) in [4.78, 5) is 29.5. The van der Waals surface area contributed by atoms with Crippen LogP contribution in [0.1, 0.15) is 16.7 Å². The largest absolute Gasteiger partial charge is 0.482 e. The fourth-order valence-electron chi connectivity index (χ4n) is 3.38. The van der Waals surface area contributed by atoms with Gasteiger partial charge in [0.05, 0.1) is 21.3 Å². The Bertz CT molecular complexity index is 1350. The first-order valence-corrected chi connectivity index (χ1v) is 11.8. The van der Waals surface area contributed by atoms with Gasteiger partial charge in [-0.1, -0.05) is 35.9 Å². The molecular formula is C26H21ClFN3O3S. The number of aryl methyl sites for hydroxylation is 2. The van der Waals surface area contributed by atoms with Crippen molar-refractivity contribution in [1.82, 2.24) is 5.32 Å². The molecule has 178 valence electrons. The van der Waals surface area contributed by atoms with Gasteiger partial charge in [-0.3, -0.25) is 9.59 Å². The van der Waals surface area contributed by atoms with Crippen LogP contribution in [-0.4, -0.2) is 23.6 Å². The van der Waals surface area contributed by atoms with Gasteiger partial charge in [0, 0.05) is 0 Å². The van der Waals surface area contributed by atoms with E-state index in [1.165, 1.54) is 30.0 Å². The molecule has 1 saturated heterocycles. The summed E-state index contributed by atoms with van der Waals surface area (Å²) in [6.45, 7) is 3.65. The minimum atomic E-state index is -0.535. The fraction of sp³-hybridized carbons (Fsp3) is 0.115. The van der Waals surface area contributed by atoms with Gasteiger partial charge in [0.25, 0.3) is 11.8 Å². The molecule has 0 aliphatic carbocycles. The van der Waals surface area contributed by atoms with Crippen LogP contribution < -0.4 is 15.4 Å². The Hall–Kier alpha value is -3.62. The molecule has 0 aromatic heterocycles. The Morgan fingerprint density at radius 1 is 1.14 bits per heavy atom. The van der Waals surface area contributed by atoms with Crippen molar-refractivity contribution in [2.75, 3.05) is 11.9 Å². The van der Waals surface area contributed by atoms with Crippen molar-refractivity contribution < 1.29 is 18.7 Å². The fourth-order valence-corrected chi connectivity index (χ4v) is 4.47. The maximum atomic E-state index is 13.7. The molecule has 0 unspecified atom stereocenters. The molecular weight excluding hydrogens is 489 g/mol. The van der Waals surface area contributed by atoms with Crippen molar-refractivity contribution in [3.63, 3.8) is 0 Å². The van der Waals surface area contributed by atoms with Crippen LogP contribution >= 0.6 is 23.4 Å². The van der Waals surface area contributed by atoms with E-state index in [0.717, 1.165) is 16.8 Å². The van der Waals surface area contributed by atoms with Crippen molar-refractivity contribution >= 4 is 57.8 Å². The van der Waals surface area contributed by atoms with Gasteiger partial charge in [0.2, 0.25) is 0 Å². The SMILES string of the molecule is Cc1cc(C)cc(N=C2NC(=O)/C(=C/c3ccc(OCC(=O)Nc4ccccc4F)c(Cl)c3)S2)c1. The summed E-state index contributed by atoms with van der Waals surface area (Å²) in [6, 6.07) is 16.8. The predicted octanol–water partition coefficient (Wildman–Crippen LogP) is 6.01. The maximum Gasteiger partial charge on any atom is 0.264 e. The average Bonchev–Trinajstić information content (AvgIpc) is 3.12. The molecule has 6 nitrogen and oxygen atoms in total. The number of nitrogens with zero attached hydrogens (tertiary/aromatic N) is 1. The number of hydrogen-bond donors (Lipinski definition) is 2. The predicted molar refractivity (Wildman–Crippen MR) is 139 cm³/mol. The molecule has 0 bridgehead atoms. The Labute approximate surface area is 211 Å². The van der Waals surface area contributed by atoms with E-state index in [0.29, 0.717) is 15.6 Å². The minimum Gasteiger partial charge on any atom is -0.482 e. The molecule has 9 heteroatoms. The normalized spacial score (nSPS) is 15.4. The van der Waals surface area contributed by atoms with E-state index < -0.39 is 11.7 Å². The smallest absolute Gasteiger partial charge is 0.264 e. The lowest BCUT2D eigenvalue weighted by atomic mass is 10.1. The highest BCUT2D eigenvalue weighted by atomic mass is 35.5. The van der Waals surface area contributed by atoms with E-state index in [2.05, 4.69) is 21.7 Å². The van der Waals surface area contributed by atoms with Crippen LogP contribution in [0, 0.1) is 19.7 Å². The summed E-state index contributed by atoms with van der Waals surface area (Å²) in [5.41, 5.74) is 3.72. The van der Waals surface area contributed by atoms with E-state index in [9.17, 15) is 14.0 Å². The Morgan fingerprint density at radius 3 is 2.60 bits per heavy atom. The van der Waals surface area contributed by atoms with Gasteiger partial charge in [0.15, 0.2) is 11.8 Å². The van der Waals surface area contributed by atoms with Gasteiger partial charge in [-0.05, 0) is 84.8 Å². The number of amidine groups is 1. The Morgan fingerprint density at radius 2 is 1.89 bits per heavy atom. The number of aliphatic imine (C=N–C) groups is 1. The number of carbonyl (C=O) groups excluding carboxylic acids is 2. The lowest BCUT2D eigenvalue weighted by Crippen LogP contribution is -2.20. The second-order valence-electron chi connectivity index (χ2n) is 7.83. The summed E-state index contributed by atoms with van der Waals surface area (Å²) in [7, 11) is 0. The molecule has 2 N–H and O–H groups in total. The highest BCUT2D eigenvalue weighted by molar-refractivity contribution is 8.18. The number of amides is 2. The standard InChI is InChI=1S/C26H21ClFN3O3S/c1-15-9-16(2)11-18(10-15)29-26-31-25(33)23(35-26)13-17-7-8-22(19(27)12-17)34-14-24(32)30-21-6-4-3-5-20(21)28/h3-13H,14H2,1-2H3,(H,30,32)(H,29,31,33)/b23-13-. The third kappa shape index (κ3) is 6.49. The van der Waals surface area contributed by atoms with Crippen LogP contribution in [0.5, 0.6) is 5.75 Å². The van der Waals surface area contributed by atoms with Gasteiger partial charge < -0.3 is 15.4 Å². The number of carbonyl (C=O) groups is 2. The second kappa shape index (κ2) is 10.8. The van der Waals surface area contributed by atoms with Crippen LogP contribution in [0.2, 0.25) is 5.02 Å². The zero-order valence-electron chi connectivity index (χ0n) is 18.9. The summed E-state index contributed by atoms with van der Waals surface area (Å²) in [5, 5.41) is 5.98. The first-order chi connectivity index (χ1) is 16.8. The monoisotopic (exact) mass is 509 g/mol. The zero-order chi connectivity index (χ0) is 24.9. The van der Waals surface area contributed by atoms with E-state index in [4.69, 9.17) is 16.3 Å². The molecule has 0 saturated carbocycles. The molecule has 1 heterocycles. The second-order valence-corrected chi connectivity index (χ2v) is 9.27. The van der Waals surface area contributed by atoms with Crippen LogP contribution in [-0.2, 0) is 9.59 Å². The Kier molecular flexibility index (Phi) is 7.53. The van der Waals surface area contributed by atoms with E-state index >= 15 is 0 Å². The molecule has 3 aromatic rings. The van der Waals surface area contributed by atoms with Crippen molar-refractivity contribution in [2.45, 2.75) is 13.8 Å². The third-order valence-electron chi connectivity index (χ3n) is 4.85. The summed E-state index contributed by atoms with van der Waals surface area (Å²) >= 11 is 7.55. The molecule has 3 aromatic carbocycles. The van der Waals surface area contributed by atoms with Crippen molar-refractivity contribution in [2.24, 2.45) is 4.99 Å². The first kappa shape index (κ1) is 24.5. The summed E-state index contributed by atoms with van der Waals surface area (Å²) in [5.74, 6) is -1.02. The molecule has 1 fully saturated rings. The quantitative estimate of drug-likeness (QED) is 0.399. The van der Waals surface area contributed by atoms with Crippen molar-refractivity contribution in [3.05, 3.63) is 93.1 Å². The van der Waals surface area contributed by atoms with Crippen molar-refractivity contribution in [1.29, 1.82) is 0 Å². The van der Waals surface area contributed by atoms with Crippen molar-refractivity contribution in [3.8, 4) is 5.75 Å². The van der Waals surface area contributed by atoms with E-state index in [1.54, 1.807) is 30.3 Å². The number of thioether (sulfide) groups is 1. The summed E-state index contributed by atoms with van der Waals surface area (Å²) in [6.07, 6.45) is 1.70. The van der Waals surface area contributed by atoms with Gasteiger partial charge in [-0.15, -0.1) is 0 Å². The number of ether oxygens (including phenoxy) is 1. The highest BCUT2D eigenvalue weighted by Gasteiger charge is 2.24. The molecule has 0 radical (unpaired) electrons. The lowest BCUT2D eigenvalue weighted by Gasteiger charge is -2.10. The highest BCUT2D eigenvalue weighted by Crippen LogP contribution is 2.31.